The van der Waals surface area contributed by atoms with Crippen molar-refractivity contribution in [2.24, 2.45) is 0 Å². The zero-order chi connectivity index (χ0) is 7.98. The lowest BCUT2D eigenvalue weighted by atomic mass is 10.4. The molecule has 60 valence electrons. The van der Waals surface area contributed by atoms with Gasteiger partial charge < -0.3 is 14.5 Å². The smallest absolute Gasteiger partial charge is 0.257 e. The van der Waals surface area contributed by atoms with Gasteiger partial charge in [-0.25, -0.2) is 0 Å². The Labute approximate surface area is 62.8 Å². The molecule has 0 amide bonds. The van der Waals surface area contributed by atoms with Gasteiger partial charge in [-0.15, -0.1) is 0 Å². The Morgan fingerprint density at radius 3 is 2.40 bits per heavy atom. The largest absolute Gasteiger partial charge is 0.441 e. The molecule has 0 aliphatic heterocycles. The highest BCUT2D eigenvalue weighted by Gasteiger charge is 2.02. The quantitative estimate of drug-likeness (QED) is 0.523. The van der Waals surface area contributed by atoms with Gasteiger partial charge in [0.05, 0.1) is 25.4 Å². The van der Waals surface area contributed by atoms with E-state index in [1.54, 1.807) is 15.0 Å². The Hall–Kier alpha value is -0.0551. The summed E-state index contributed by atoms with van der Waals surface area (Å²) < 4.78 is 10.00. The van der Waals surface area contributed by atoms with Gasteiger partial charge in [0, 0.05) is 0 Å². The molecule has 0 radical (unpaired) electrons. The Balaban J connectivity index is 3.12. The fourth-order valence-corrected chi connectivity index (χ4v) is 0.586. The van der Waals surface area contributed by atoms with E-state index in [2.05, 4.69) is 0 Å². The summed E-state index contributed by atoms with van der Waals surface area (Å²) >= 11 is 0. The minimum absolute atomic E-state index is 0.0691. The number of hydrogen-bond acceptors (Lipinski definition) is 3. The van der Waals surface area contributed by atoms with Gasteiger partial charge in [-0.1, -0.05) is 0 Å². The summed E-state index contributed by atoms with van der Waals surface area (Å²) in [5, 5.41) is 8.80. The van der Waals surface area contributed by atoms with Gasteiger partial charge in [0.15, 0.2) is 0 Å². The van der Waals surface area contributed by atoms with Crippen molar-refractivity contribution in [3.05, 3.63) is 0 Å². The van der Waals surface area contributed by atoms with Crippen LogP contribution in [0.1, 0.15) is 13.8 Å². The summed E-state index contributed by atoms with van der Waals surface area (Å²) in [5.41, 5.74) is 0. The molecular weight excluding hydrogens is 131 g/mol. The van der Waals surface area contributed by atoms with Crippen LogP contribution in [-0.2, 0) is 9.39 Å². The minimum atomic E-state index is -0.390. The van der Waals surface area contributed by atoms with Gasteiger partial charge in [-0.05, 0) is 13.8 Å². The molecule has 0 aromatic carbocycles. The first-order valence-electron chi connectivity index (χ1n) is 3.45. The van der Waals surface area contributed by atoms with E-state index >= 15 is 0 Å². The lowest BCUT2D eigenvalue weighted by molar-refractivity contribution is -0.0120. The van der Waals surface area contributed by atoms with E-state index in [4.69, 9.17) is 14.5 Å². The van der Waals surface area contributed by atoms with E-state index in [1.165, 1.54) is 0 Å². The molecule has 1 N–H and O–H groups in total. The van der Waals surface area contributed by atoms with Crippen molar-refractivity contribution in [1.29, 1.82) is 0 Å². The van der Waals surface area contributed by atoms with E-state index in [1.807, 2.05) is 6.92 Å². The molecule has 2 atom stereocenters. The molecule has 0 rings (SSSR count). The first-order chi connectivity index (χ1) is 4.66. The number of aliphatic hydroxyl groups is 1. The Morgan fingerprint density at radius 2 is 2.00 bits per heavy atom. The van der Waals surface area contributed by atoms with Crippen LogP contribution in [0.4, 0.5) is 0 Å². The molecule has 0 saturated heterocycles. The molecule has 10 heavy (non-hydrogen) atoms. The molecule has 2 unspecified atom stereocenters. The van der Waals surface area contributed by atoms with Crippen LogP contribution in [0, 0.1) is 0 Å². The molecule has 0 saturated carbocycles. The predicted octanol–water partition coefficient (Wildman–Crippen LogP) is -0.663. The van der Waals surface area contributed by atoms with Gasteiger partial charge in [0.1, 0.15) is 0 Å². The van der Waals surface area contributed by atoms with Crippen LogP contribution >= 0.6 is 0 Å². The summed E-state index contributed by atoms with van der Waals surface area (Å²) in [7, 11) is 1.63. The van der Waals surface area contributed by atoms with Crippen molar-refractivity contribution in [2.75, 3.05) is 13.2 Å². The molecule has 0 spiro atoms. The highest BCUT2D eigenvalue weighted by Crippen LogP contribution is 1.92. The third kappa shape index (κ3) is 6.07. The van der Waals surface area contributed by atoms with Gasteiger partial charge in [0.25, 0.3) is 8.05 Å². The van der Waals surface area contributed by atoms with Crippen LogP contribution in [0.2, 0.25) is 0 Å². The van der Waals surface area contributed by atoms with E-state index in [0.717, 1.165) is 0 Å². The molecule has 3 nitrogen and oxygen atoms in total. The molecule has 0 heterocycles. The second-order valence-electron chi connectivity index (χ2n) is 2.45. The van der Waals surface area contributed by atoms with Gasteiger partial charge in [-0.2, -0.15) is 0 Å². The first-order valence-corrected chi connectivity index (χ1v) is 3.45. The molecule has 0 aliphatic carbocycles. The van der Waals surface area contributed by atoms with Crippen LogP contribution < -0.4 is 0 Å². The van der Waals surface area contributed by atoms with Crippen LogP contribution in [0.15, 0.2) is 0 Å². The number of aliphatic hydroxyl groups excluding tert-OH is 1. The molecule has 0 fully saturated rings. The van der Waals surface area contributed by atoms with Crippen molar-refractivity contribution < 1.29 is 14.5 Å². The van der Waals surface area contributed by atoms with Crippen LogP contribution in [0.3, 0.4) is 0 Å². The Kier molecular flexibility index (Phi) is 5.68. The van der Waals surface area contributed by atoms with E-state index in [-0.39, 0.29) is 12.2 Å². The average Bonchev–Trinajstić information content (AvgIpc) is 1.85. The first kappa shape index (κ1) is 9.94. The topological polar surface area (TPSA) is 38.7 Å². The van der Waals surface area contributed by atoms with Crippen LogP contribution in [-0.4, -0.2) is 38.6 Å². The SMILES string of the molecule is BOCC(C)OCC(C)O. The monoisotopic (exact) mass is 146 g/mol. The molecule has 0 aromatic heterocycles. The lowest BCUT2D eigenvalue weighted by Gasteiger charge is -2.12. The zero-order valence-corrected chi connectivity index (χ0v) is 6.83. The number of rotatable bonds is 5. The van der Waals surface area contributed by atoms with Gasteiger partial charge in [0.2, 0.25) is 0 Å². The molecule has 0 bridgehead atoms. The summed E-state index contributed by atoms with van der Waals surface area (Å²) in [6.07, 6.45) is -0.320. The van der Waals surface area contributed by atoms with Crippen molar-refractivity contribution >= 4 is 8.05 Å². The highest BCUT2D eigenvalue weighted by atomic mass is 16.5. The third-order valence-electron chi connectivity index (χ3n) is 1.02. The molecule has 0 aliphatic rings. The fraction of sp³-hybridized carbons (Fsp3) is 1.00. The Morgan fingerprint density at radius 1 is 1.40 bits per heavy atom. The maximum atomic E-state index is 8.80. The third-order valence-corrected chi connectivity index (χ3v) is 1.02. The van der Waals surface area contributed by atoms with E-state index in [9.17, 15) is 0 Å². The van der Waals surface area contributed by atoms with Crippen molar-refractivity contribution in [2.45, 2.75) is 26.1 Å². The van der Waals surface area contributed by atoms with Crippen LogP contribution in [0.5, 0.6) is 0 Å². The highest BCUT2D eigenvalue weighted by molar-refractivity contribution is 5.97. The Bertz CT molecular complexity index is 77.4. The minimum Gasteiger partial charge on any atom is -0.441 e. The maximum Gasteiger partial charge on any atom is 0.257 e. The van der Waals surface area contributed by atoms with Crippen LogP contribution in [0.25, 0.3) is 0 Å². The van der Waals surface area contributed by atoms with Gasteiger partial charge in [-0.3, -0.25) is 0 Å². The number of hydrogen-bond donors (Lipinski definition) is 1. The normalized spacial score (nSPS) is 16.7. The second-order valence-corrected chi connectivity index (χ2v) is 2.45. The van der Waals surface area contributed by atoms with E-state index in [0.29, 0.717) is 13.2 Å². The van der Waals surface area contributed by atoms with Crippen molar-refractivity contribution in [3.8, 4) is 0 Å². The summed E-state index contributed by atoms with van der Waals surface area (Å²) in [4.78, 5) is 0. The lowest BCUT2D eigenvalue weighted by Crippen LogP contribution is -2.20. The summed E-state index contributed by atoms with van der Waals surface area (Å²) in [5.74, 6) is 0. The summed E-state index contributed by atoms with van der Waals surface area (Å²) in [6.45, 7) is 4.56. The number of ether oxygens (including phenoxy) is 1. The second kappa shape index (κ2) is 5.71. The molecule has 0 aromatic rings. The average molecular weight is 146 g/mol. The van der Waals surface area contributed by atoms with Crippen molar-refractivity contribution in [1.82, 2.24) is 0 Å². The molecule has 4 heteroatoms. The zero-order valence-electron chi connectivity index (χ0n) is 6.83. The fourth-order valence-electron chi connectivity index (χ4n) is 0.586. The standard InChI is InChI=1S/C6H15BO3/c1-5(8)3-9-6(2)4-10-7/h5-6,8H,3-4,7H2,1-2H3. The summed E-state index contributed by atoms with van der Waals surface area (Å²) in [6, 6.07) is 0. The van der Waals surface area contributed by atoms with E-state index < -0.39 is 0 Å². The van der Waals surface area contributed by atoms with Gasteiger partial charge >= 0.3 is 0 Å². The van der Waals surface area contributed by atoms with Crippen molar-refractivity contribution in [3.63, 3.8) is 0 Å². The predicted molar refractivity (Wildman–Crippen MR) is 41.6 cm³/mol. The molecular formula is C6H15BO3. The maximum absolute atomic E-state index is 8.80.